The van der Waals surface area contributed by atoms with Gasteiger partial charge in [0.05, 0.1) is 6.54 Å². The van der Waals surface area contributed by atoms with Gasteiger partial charge in [-0.2, -0.15) is 0 Å². The Labute approximate surface area is 181 Å². The Kier molecular flexibility index (Phi) is 8.31. The Balaban J connectivity index is 1.79. The summed E-state index contributed by atoms with van der Waals surface area (Å²) in [5.74, 6) is -2.06. The van der Waals surface area contributed by atoms with Crippen molar-refractivity contribution in [2.24, 2.45) is 0 Å². The van der Waals surface area contributed by atoms with Gasteiger partial charge in [0, 0.05) is 18.3 Å². The zero-order valence-electron chi connectivity index (χ0n) is 18.1. The average Bonchev–Trinajstić information content (AvgIpc) is 2.74. The summed E-state index contributed by atoms with van der Waals surface area (Å²) in [6.07, 6.45) is 0. The number of likely N-dealkylation sites (N-methyl/N-ethyl adjacent to an activating group) is 1. The number of carbonyl (C=O) groups is 4. The highest BCUT2D eigenvalue weighted by molar-refractivity contribution is 5.97. The van der Waals surface area contributed by atoms with E-state index in [2.05, 4.69) is 10.6 Å². The molecule has 0 saturated heterocycles. The second kappa shape index (κ2) is 10.9. The summed E-state index contributed by atoms with van der Waals surface area (Å²) >= 11 is 0. The lowest BCUT2D eigenvalue weighted by Gasteiger charge is -2.19. The molecule has 8 nitrogen and oxygen atoms in total. The standard InChI is InChI=1S/C23H27N3O5/c1-15-9-8-10-16(2)21(15)25-19(27)13-26(4)20(28)14-31-23(30)17(3)24-22(29)18-11-6-5-7-12-18/h5-12,17H,13-14H2,1-4H3,(H,24,29)(H,25,27). The van der Waals surface area contributed by atoms with Gasteiger partial charge in [-0.3, -0.25) is 14.4 Å². The maximum Gasteiger partial charge on any atom is 0.328 e. The second-order valence-electron chi connectivity index (χ2n) is 7.23. The average molecular weight is 425 g/mol. The molecule has 0 bridgehead atoms. The van der Waals surface area contributed by atoms with E-state index in [0.29, 0.717) is 11.3 Å². The van der Waals surface area contributed by atoms with Crippen LogP contribution in [-0.2, 0) is 19.1 Å². The number of anilines is 1. The minimum absolute atomic E-state index is 0.190. The van der Waals surface area contributed by atoms with Gasteiger partial charge >= 0.3 is 5.97 Å². The summed E-state index contributed by atoms with van der Waals surface area (Å²) < 4.78 is 4.99. The van der Waals surface area contributed by atoms with Gasteiger partial charge in [-0.15, -0.1) is 0 Å². The zero-order valence-corrected chi connectivity index (χ0v) is 18.1. The summed E-state index contributed by atoms with van der Waals surface area (Å²) in [6, 6.07) is 13.2. The van der Waals surface area contributed by atoms with E-state index in [9.17, 15) is 19.2 Å². The van der Waals surface area contributed by atoms with Crippen molar-refractivity contribution in [2.75, 3.05) is 25.5 Å². The lowest BCUT2D eigenvalue weighted by atomic mass is 10.1. The Morgan fingerprint density at radius 1 is 0.968 bits per heavy atom. The number of ether oxygens (including phenoxy) is 1. The molecule has 8 heteroatoms. The lowest BCUT2D eigenvalue weighted by molar-refractivity contribution is -0.153. The first-order chi connectivity index (χ1) is 14.7. The van der Waals surface area contributed by atoms with Gasteiger partial charge in [0.15, 0.2) is 6.61 Å². The SMILES string of the molecule is Cc1cccc(C)c1NC(=O)CN(C)C(=O)COC(=O)C(C)NC(=O)c1ccccc1. The Hall–Kier alpha value is -3.68. The minimum Gasteiger partial charge on any atom is -0.454 e. The smallest absolute Gasteiger partial charge is 0.328 e. The monoisotopic (exact) mass is 425 g/mol. The second-order valence-corrected chi connectivity index (χ2v) is 7.23. The number of amides is 3. The van der Waals surface area contributed by atoms with E-state index in [4.69, 9.17) is 4.74 Å². The van der Waals surface area contributed by atoms with Crippen molar-refractivity contribution in [3.8, 4) is 0 Å². The molecule has 1 atom stereocenters. The molecule has 0 aliphatic rings. The maximum atomic E-state index is 12.3. The van der Waals surface area contributed by atoms with Crippen LogP contribution in [-0.4, -0.2) is 54.8 Å². The van der Waals surface area contributed by atoms with E-state index in [-0.39, 0.29) is 12.5 Å². The largest absolute Gasteiger partial charge is 0.454 e. The normalized spacial score (nSPS) is 11.2. The van der Waals surface area contributed by atoms with E-state index < -0.39 is 30.4 Å². The molecule has 2 N–H and O–H groups in total. The van der Waals surface area contributed by atoms with Crippen LogP contribution in [0.2, 0.25) is 0 Å². The van der Waals surface area contributed by atoms with E-state index >= 15 is 0 Å². The molecular formula is C23H27N3O5. The number of carbonyl (C=O) groups excluding carboxylic acids is 4. The number of para-hydroxylation sites is 1. The van der Waals surface area contributed by atoms with Crippen LogP contribution in [0.25, 0.3) is 0 Å². The van der Waals surface area contributed by atoms with Crippen LogP contribution < -0.4 is 10.6 Å². The molecule has 0 saturated carbocycles. The molecule has 31 heavy (non-hydrogen) atoms. The minimum atomic E-state index is -0.932. The molecule has 164 valence electrons. The van der Waals surface area contributed by atoms with E-state index in [0.717, 1.165) is 11.1 Å². The van der Waals surface area contributed by atoms with Crippen molar-refractivity contribution < 1.29 is 23.9 Å². The van der Waals surface area contributed by atoms with Crippen LogP contribution >= 0.6 is 0 Å². The van der Waals surface area contributed by atoms with Crippen LogP contribution in [0.1, 0.15) is 28.4 Å². The summed E-state index contributed by atoms with van der Waals surface area (Å²) in [6.45, 7) is 4.51. The molecule has 0 aliphatic heterocycles. The third-order valence-electron chi connectivity index (χ3n) is 4.63. The first kappa shape index (κ1) is 23.6. The number of esters is 1. The van der Waals surface area contributed by atoms with Gasteiger partial charge in [-0.05, 0) is 44.0 Å². The van der Waals surface area contributed by atoms with Crippen LogP contribution in [0.15, 0.2) is 48.5 Å². The topological polar surface area (TPSA) is 105 Å². The van der Waals surface area contributed by atoms with Crippen molar-refractivity contribution in [3.63, 3.8) is 0 Å². The third-order valence-corrected chi connectivity index (χ3v) is 4.63. The van der Waals surface area contributed by atoms with E-state index in [1.165, 1.54) is 18.9 Å². The van der Waals surface area contributed by atoms with Crippen molar-refractivity contribution in [3.05, 3.63) is 65.2 Å². The molecule has 0 radical (unpaired) electrons. The van der Waals surface area contributed by atoms with Gasteiger partial charge in [0.1, 0.15) is 6.04 Å². The first-order valence-corrected chi connectivity index (χ1v) is 9.81. The number of rotatable bonds is 8. The zero-order chi connectivity index (χ0) is 23.0. The van der Waals surface area contributed by atoms with E-state index in [1.807, 2.05) is 32.0 Å². The highest BCUT2D eigenvalue weighted by Crippen LogP contribution is 2.19. The predicted octanol–water partition coefficient (Wildman–Crippen LogP) is 2.06. The van der Waals surface area contributed by atoms with Gasteiger partial charge in [0.25, 0.3) is 11.8 Å². The fraction of sp³-hybridized carbons (Fsp3) is 0.304. The molecule has 1 unspecified atom stereocenters. The third kappa shape index (κ3) is 6.95. The number of hydrogen-bond acceptors (Lipinski definition) is 5. The van der Waals surface area contributed by atoms with Gasteiger partial charge < -0.3 is 20.3 Å². The fourth-order valence-electron chi connectivity index (χ4n) is 2.79. The number of aryl methyl sites for hydroxylation is 2. The summed E-state index contributed by atoms with van der Waals surface area (Å²) in [7, 11) is 1.45. The first-order valence-electron chi connectivity index (χ1n) is 9.81. The lowest BCUT2D eigenvalue weighted by Crippen LogP contribution is -2.42. The Bertz CT molecular complexity index is 939. The number of nitrogens with zero attached hydrogens (tertiary/aromatic N) is 1. The highest BCUT2D eigenvalue weighted by atomic mass is 16.5. The van der Waals surface area contributed by atoms with Crippen LogP contribution in [0, 0.1) is 13.8 Å². The molecule has 0 heterocycles. The molecule has 3 amide bonds. The van der Waals surface area contributed by atoms with Crippen molar-refractivity contribution in [2.45, 2.75) is 26.8 Å². The number of nitrogens with one attached hydrogen (secondary N) is 2. The summed E-state index contributed by atoms with van der Waals surface area (Å²) in [4.78, 5) is 49.8. The van der Waals surface area contributed by atoms with Gasteiger partial charge in [-0.1, -0.05) is 36.4 Å². The van der Waals surface area contributed by atoms with Gasteiger partial charge in [0.2, 0.25) is 5.91 Å². The van der Waals surface area contributed by atoms with E-state index in [1.54, 1.807) is 30.3 Å². The molecule has 2 aromatic carbocycles. The summed E-state index contributed by atoms with van der Waals surface area (Å²) in [5.41, 5.74) is 2.96. The quantitative estimate of drug-likeness (QED) is 0.630. The van der Waals surface area contributed by atoms with Crippen molar-refractivity contribution in [1.82, 2.24) is 10.2 Å². The van der Waals surface area contributed by atoms with Gasteiger partial charge in [-0.25, -0.2) is 4.79 Å². The van der Waals surface area contributed by atoms with Crippen LogP contribution in [0.3, 0.4) is 0 Å². The Morgan fingerprint density at radius 2 is 1.58 bits per heavy atom. The molecular weight excluding hydrogens is 398 g/mol. The van der Waals surface area contributed by atoms with Crippen LogP contribution in [0.4, 0.5) is 5.69 Å². The molecule has 0 aromatic heterocycles. The van der Waals surface area contributed by atoms with Crippen molar-refractivity contribution in [1.29, 1.82) is 0 Å². The highest BCUT2D eigenvalue weighted by Gasteiger charge is 2.21. The fourth-order valence-corrected chi connectivity index (χ4v) is 2.79. The molecule has 2 aromatic rings. The maximum absolute atomic E-state index is 12.3. The predicted molar refractivity (Wildman–Crippen MR) is 117 cm³/mol. The Morgan fingerprint density at radius 3 is 2.19 bits per heavy atom. The molecule has 0 fully saturated rings. The summed E-state index contributed by atoms with van der Waals surface area (Å²) in [5, 5.41) is 5.31. The molecule has 2 rings (SSSR count). The number of benzene rings is 2. The van der Waals surface area contributed by atoms with Crippen LogP contribution in [0.5, 0.6) is 0 Å². The molecule has 0 spiro atoms. The number of hydrogen-bond donors (Lipinski definition) is 2. The molecule has 0 aliphatic carbocycles. The van der Waals surface area contributed by atoms with Crippen molar-refractivity contribution >= 4 is 29.4 Å².